The number of aromatic nitrogens is 1. The predicted molar refractivity (Wildman–Crippen MR) is 56.2 cm³/mol. The fourth-order valence-electron chi connectivity index (χ4n) is 1.55. The second-order valence-electron chi connectivity index (χ2n) is 3.21. The molecule has 2 nitrogen and oxygen atoms in total. The smallest absolute Gasteiger partial charge is 0.167 e. The van der Waals surface area contributed by atoms with E-state index in [9.17, 15) is 4.79 Å². The maximum Gasteiger partial charge on any atom is 0.167 e. The summed E-state index contributed by atoms with van der Waals surface area (Å²) in [5, 5.41) is 0. The molecule has 1 aromatic heterocycles. The number of benzene rings is 1. The number of nitrogens with zero attached hydrogens (tertiary/aromatic N) is 1. The Bertz CT molecular complexity index is 443. The van der Waals surface area contributed by atoms with Crippen LogP contribution in [0.2, 0.25) is 0 Å². The molecule has 0 atom stereocenters. The summed E-state index contributed by atoms with van der Waals surface area (Å²) >= 11 is 0. The molecule has 2 aromatic rings. The third kappa shape index (κ3) is 1.35. The number of hydrogen-bond donors (Lipinski definition) is 0. The number of rotatable bonds is 2. The topological polar surface area (TPSA) is 22.0 Å². The van der Waals surface area contributed by atoms with E-state index < -0.39 is 0 Å². The van der Waals surface area contributed by atoms with Crippen molar-refractivity contribution in [2.45, 2.75) is 0 Å². The van der Waals surface area contributed by atoms with Gasteiger partial charge in [-0.25, -0.2) is 0 Å². The van der Waals surface area contributed by atoms with Gasteiger partial charge in [0, 0.05) is 18.8 Å². The van der Waals surface area contributed by atoms with Crippen LogP contribution in [0.1, 0.15) is 10.5 Å². The first-order chi connectivity index (χ1) is 6.83. The van der Waals surface area contributed by atoms with Gasteiger partial charge < -0.3 is 4.57 Å². The number of aryl methyl sites for hydroxylation is 1. The first kappa shape index (κ1) is 8.75. The second-order valence-corrected chi connectivity index (χ2v) is 3.21. The van der Waals surface area contributed by atoms with Crippen LogP contribution >= 0.6 is 0 Å². The largest absolute Gasteiger partial charge is 0.348 e. The highest BCUT2D eigenvalue weighted by Gasteiger charge is 2.06. The highest BCUT2D eigenvalue weighted by atomic mass is 16.1. The van der Waals surface area contributed by atoms with Crippen molar-refractivity contribution in [2.75, 3.05) is 0 Å². The molecule has 14 heavy (non-hydrogen) atoms. The number of aldehydes is 1. The molecule has 0 N–H and O–H groups in total. The fourth-order valence-corrected chi connectivity index (χ4v) is 1.55. The predicted octanol–water partition coefficient (Wildman–Crippen LogP) is 2.50. The molecule has 0 aliphatic rings. The van der Waals surface area contributed by atoms with Gasteiger partial charge in [0.05, 0.1) is 5.69 Å². The molecule has 0 bridgehead atoms. The van der Waals surface area contributed by atoms with E-state index in [1.54, 1.807) is 0 Å². The molecule has 0 aliphatic carbocycles. The van der Waals surface area contributed by atoms with Gasteiger partial charge in [0.1, 0.15) is 0 Å². The van der Waals surface area contributed by atoms with Crippen molar-refractivity contribution in [3.63, 3.8) is 0 Å². The van der Waals surface area contributed by atoms with E-state index in [2.05, 4.69) is 0 Å². The number of carbonyl (C=O) groups excluding carboxylic acids is 1. The number of carbonyl (C=O) groups is 1. The SMILES string of the molecule is Cn1ccc(-c2ccccc2)c1C=O. The minimum atomic E-state index is 0.719. The third-order valence-corrected chi connectivity index (χ3v) is 2.32. The fraction of sp³-hybridized carbons (Fsp3) is 0.0833. The van der Waals surface area contributed by atoms with E-state index in [1.165, 1.54) is 0 Å². The van der Waals surface area contributed by atoms with E-state index >= 15 is 0 Å². The molecule has 0 amide bonds. The van der Waals surface area contributed by atoms with Crippen LogP contribution < -0.4 is 0 Å². The summed E-state index contributed by atoms with van der Waals surface area (Å²) < 4.78 is 1.83. The average Bonchev–Trinajstić information content (AvgIpc) is 2.61. The molecule has 0 saturated heterocycles. The van der Waals surface area contributed by atoms with E-state index in [-0.39, 0.29) is 0 Å². The van der Waals surface area contributed by atoms with Crippen molar-refractivity contribution in [2.24, 2.45) is 7.05 Å². The Morgan fingerprint density at radius 2 is 1.86 bits per heavy atom. The Labute approximate surface area is 82.8 Å². The van der Waals surface area contributed by atoms with Crippen LogP contribution in [0.3, 0.4) is 0 Å². The first-order valence-electron chi connectivity index (χ1n) is 4.49. The summed E-state index contributed by atoms with van der Waals surface area (Å²) in [5.74, 6) is 0. The summed E-state index contributed by atoms with van der Waals surface area (Å²) in [6, 6.07) is 11.9. The van der Waals surface area contributed by atoms with Crippen molar-refractivity contribution in [3.8, 4) is 11.1 Å². The van der Waals surface area contributed by atoms with Crippen LogP contribution in [0.4, 0.5) is 0 Å². The van der Waals surface area contributed by atoms with Crippen LogP contribution in [0.5, 0.6) is 0 Å². The summed E-state index contributed by atoms with van der Waals surface area (Å²) in [6.07, 6.45) is 2.79. The van der Waals surface area contributed by atoms with Crippen LogP contribution in [0, 0.1) is 0 Å². The van der Waals surface area contributed by atoms with E-state index in [0.717, 1.165) is 23.1 Å². The molecule has 1 heterocycles. The zero-order valence-corrected chi connectivity index (χ0v) is 7.97. The van der Waals surface area contributed by atoms with Crippen molar-refractivity contribution in [1.29, 1.82) is 0 Å². The van der Waals surface area contributed by atoms with Crippen molar-refractivity contribution in [1.82, 2.24) is 4.57 Å². The van der Waals surface area contributed by atoms with Gasteiger partial charge in [-0.3, -0.25) is 4.79 Å². The van der Waals surface area contributed by atoms with Gasteiger partial charge in [-0.05, 0) is 11.6 Å². The lowest BCUT2D eigenvalue weighted by atomic mass is 10.1. The van der Waals surface area contributed by atoms with Crippen molar-refractivity contribution < 1.29 is 4.79 Å². The molecule has 0 spiro atoms. The monoisotopic (exact) mass is 185 g/mol. The lowest BCUT2D eigenvalue weighted by Gasteiger charge is -2.00. The van der Waals surface area contributed by atoms with Gasteiger partial charge in [0.15, 0.2) is 6.29 Å². The summed E-state index contributed by atoms with van der Waals surface area (Å²) in [7, 11) is 1.87. The molecule has 1 aromatic carbocycles. The Kier molecular flexibility index (Phi) is 2.19. The summed E-state index contributed by atoms with van der Waals surface area (Å²) in [4.78, 5) is 10.9. The highest BCUT2D eigenvalue weighted by molar-refractivity contribution is 5.85. The molecule has 70 valence electrons. The average molecular weight is 185 g/mol. The molecule has 0 aliphatic heterocycles. The van der Waals surface area contributed by atoms with Crippen molar-refractivity contribution in [3.05, 3.63) is 48.3 Å². The van der Waals surface area contributed by atoms with E-state index in [0.29, 0.717) is 0 Å². The highest BCUT2D eigenvalue weighted by Crippen LogP contribution is 2.22. The molecule has 0 unspecified atom stereocenters. The Morgan fingerprint density at radius 1 is 1.14 bits per heavy atom. The van der Waals surface area contributed by atoms with Gasteiger partial charge in [0.25, 0.3) is 0 Å². The zero-order chi connectivity index (χ0) is 9.97. The Hall–Kier alpha value is -1.83. The molecule has 2 heteroatoms. The first-order valence-corrected chi connectivity index (χ1v) is 4.49. The molecule has 0 fully saturated rings. The molecule has 0 radical (unpaired) electrons. The normalized spacial score (nSPS) is 10.1. The quantitative estimate of drug-likeness (QED) is 0.659. The minimum absolute atomic E-state index is 0.719. The van der Waals surface area contributed by atoms with Gasteiger partial charge in [-0.1, -0.05) is 30.3 Å². The van der Waals surface area contributed by atoms with Crippen LogP contribution in [-0.2, 0) is 7.05 Å². The maximum atomic E-state index is 10.9. The van der Waals surface area contributed by atoms with E-state index in [1.807, 2.05) is 54.2 Å². The minimum Gasteiger partial charge on any atom is -0.348 e. The Morgan fingerprint density at radius 3 is 2.50 bits per heavy atom. The molecular formula is C12H11NO. The zero-order valence-electron chi connectivity index (χ0n) is 7.97. The maximum absolute atomic E-state index is 10.9. The van der Waals surface area contributed by atoms with Gasteiger partial charge in [0.2, 0.25) is 0 Å². The standard InChI is InChI=1S/C12H11NO/c1-13-8-7-11(12(13)9-14)10-5-3-2-4-6-10/h2-9H,1H3. The Balaban J connectivity index is 2.57. The van der Waals surface area contributed by atoms with Crippen LogP contribution in [0.25, 0.3) is 11.1 Å². The van der Waals surface area contributed by atoms with Crippen LogP contribution in [-0.4, -0.2) is 10.9 Å². The number of hydrogen-bond acceptors (Lipinski definition) is 1. The second kappa shape index (κ2) is 3.50. The van der Waals surface area contributed by atoms with E-state index in [4.69, 9.17) is 0 Å². The van der Waals surface area contributed by atoms with Gasteiger partial charge in [-0.2, -0.15) is 0 Å². The lowest BCUT2D eigenvalue weighted by molar-refractivity contribution is 0.111. The van der Waals surface area contributed by atoms with Gasteiger partial charge in [-0.15, -0.1) is 0 Å². The summed E-state index contributed by atoms with van der Waals surface area (Å²) in [5.41, 5.74) is 2.79. The van der Waals surface area contributed by atoms with Gasteiger partial charge >= 0.3 is 0 Å². The lowest BCUT2D eigenvalue weighted by Crippen LogP contribution is -1.93. The molecule has 2 rings (SSSR count). The molecular weight excluding hydrogens is 174 g/mol. The summed E-state index contributed by atoms with van der Waals surface area (Å²) in [6.45, 7) is 0. The molecule has 0 saturated carbocycles. The third-order valence-electron chi connectivity index (χ3n) is 2.32. The van der Waals surface area contributed by atoms with Crippen LogP contribution in [0.15, 0.2) is 42.6 Å². The van der Waals surface area contributed by atoms with Crippen molar-refractivity contribution >= 4 is 6.29 Å².